The second-order valence-electron chi connectivity index (χ2n) is 7.76. The molecule has 3 aromatic heterocycles. The van der Waals surface area contributed by atoms with Crippen molar-refractivity contribution in [3.63, 3.8) is 0 Å². The van der Waals surface area contributed by atoms with Crippen molar-refractivity contribution in [1.82, 2.24) is 34.7 Å². The first-order valence-corrected chi connectivity index (χ1v) is 9.62. The number of anilines is 1. The minimum absolute atomic E-state index is 0.510. The Balaban J connectivity index is 1.25. The summed E-state index contributed by atoms with van der Waals surface area (Å²) in [7, 11) is 2.16. The summed E-state index contributed by atoms with van der Waals surface area (Å²) in [6, 6.07) is 4.59. The van der Waals surface area contributed by atoms with Gasteiger partial charge < -0.3 is 4.90 Å². The van der Waals surface area contributed by atoms with E-state index >= 15 is 0 Å². The van der Waals surface area contributed by atoms with Gasteiger partial charge in [-0.3, -0.25) is 4.90 Å². The standard InChI is InChI=1S/C19H24N8/c1-13-20-8-14(9-21-13)10-25(2)16-11-26(12-16)18-7-6-17-22-23-19(27(17)24-18)15-4-3-5-15/h6-9,15-16H,3-5,10-12H2,1-2H3. The zero-order valence-corrected chi connectivity index (χ0v) is 15.8. The highest BCUT2D eigenvalue weighted by atomic mass is 15.4. The number of rotatable bonds is 5. The fourth-order valence-corrected chi connectivity index (χ4v) is 3.72. The molecule has 4 heterocycles. The summed E-state index contributed by atoms with van der Waals surface area (Å²) in [5, 5.41) is 13.5. The second kappa shape index (κ2) is 6.53. The van der Waals surface area contributed by atoms with Crippen LogP contribution in [0.5, 0.6) is 0 Å². The highest BCUT2D eigenvalue weighted by molar-refractivity contribution is 5.48. The lowest BCUT2D eigenvalue weighted by Gasteiger charge is -2.44. The molecular weight excluding hydrogens is 340 g/mol. The van der Waals surface area contributed by atoms with Crippen molar-refractivity contribution in [2.75, 3.05) is 25.0 Å². The Labute approximate surface area is 158 Å². The molecule has 3 aromatic rings. The normalized spacial score (nSPS) is 18.1. The van der Waals surface area contributed by atoms with Crippen LogP contribution in [0, 0.1) is 6.92 Å². The Morgan fingerprint density at radius 2 is 1.89 bits per heavy atom. The average molecular weight is 364 g/mol. The van der Waals surface area contributed by atoms with Gasteiger partial charge in [-0.25, -0.2) is 9.97 Å². The van der Waals surface area contributed by atoms with Crippen molar-refractivity contribution >= 4 is 11.5 Å². The Hall–Kier alpha value is -2.61. The summed E-state index contributed by atoms with van der Waals surface area (Å²) in [6.45, 7) is 4.72. The molecule has 1 saturated heterocycles. The van der Waals surface area contributed by atoms with Crippen LogP contribution in [0.25, 0.3) is 5.65 Å². The van der Waals surface area contributed by atoms with Gasteiger partial charge in [-0.15, -0.1) is 15.3 Å². The number of fused-ring (bicyclic) bond motifs is 1. The van der Waals surface area contributed by atoms with Gasteiger partial charge in [0.15, 0.2) is 11.5 Å². The lowest BCUT2D eigenvalue weighted by Crippen LogP contribution is -2.58. The summed E-state index contributed by atoms with van der Waals surface area (Å²) in [5.41, 5.74) is 1.99. The van der Waals surface area contributed by atoms with Crippen molar-refractivity contribution in [3.05, 3.63) is 41.7 Å². The third-order valence-electron chi connectivity index (χ3n) is 5.82. The van der Waals surface area contributed by atoms with Gasteiger partial charge in [-0.2, -0.15) is 4.52 Å². The summed E-state index contributed by atoms with van der Waals surface area (Å²) in [4.78, 5) is 13.2. The van der Waals surface area contributed by atoms with E-state index in [2.05, 4.69) is 43.1 Å². The van der Waals surface area contributed by atoms with Crippen LogP contribution in [0.1, 0.15) is 42.4 Å². The highest BCUT2D eigenvalue weighted by Crippen LogP contribution is 2.35. The third kappa shape index (κ3) is 3.03. The minimum Gasteiger partial charge on any atom is -0.352 e. The highest BCUT2D eigenvalue weighted by Gasteiger charge is 2.32. The lowest BCUT2D eigenvalue weighted by molar-refractivity contribution is 0.196. The Morgan fingerprint density at radius 1 is 1.11 bits per heavy atom. The van der Waals surface area contributed by atoms with Crippen LogP contribution in [-0.4, -0.2) is 60.9 Å². The van der Waals surface area contributed by atoms with Crippen molar-refractivity contribution < 1.29 is 0 Å². The third-order valence-corrected chi connectivity index (χ3v) is 5.82. The maximum Gasteiger partial charge on any atom is 0.178 e. The minimum atomic E-state index is 0.510. The number of nitrogens with zero attached hydrogens (tertiary/aromatic N) is 8. The Bertz CT molecular complexity index is 940. The molecule has 27 heavy (non-hydrogen) atoms. The van der Waals surface area contributed by atoms with Gasteiger partial charge in [0.1, 0.15) is 11.6 Å². The lowest BCUT2D eigenvalue weighted by atomic mass is 9.85. The van der Waals surface area contributed by atoms with Gasteiger partial charge in [-0.05, 0) is 38.9 Å². The van der Waals surface area contributed by atoms with E-state index in [1.54, 1.807) is 0 Å². The Morgan fingerprint density at radius 3 is 2.59 bits per heavy atom. The molecule has 0 aromatic carbocycles. The molecule has 0 unspecified atom stereocenters. The molecule has 0 bridgehead atoms. The number of hydrogen-bond acceptors (Lipinski definition) is 7. The van der Waals surface area contributed by atoms with Crippen molar-refractivity contribution in [2.24, 2.45) is 0 Å². The monoisotopic (exact) mass is 364 g/mol. The zero-order chi connectivity index (χ0) is 18.4. The van der Waals surface area contributed by atoms with Crippen LogP contribution in [0.4, 0.5) is 5.82 Å². The molecule has 2 aliphatic rings. The van der Waals surface area contributed by atoms with Gasteiger partial charge >= 0.3 is 0 Å². The number of aryl methyl sites for hydroxylation is 1. The maximum absolute atomic E-state index is 4.83. The van der Waals surface area contributed by atoms with Crippen molar-refractivity contribution in [1.29, 1.82) is 0 Å². The molecule has 0 amide bonds. The fraction of sp³-hybridized carbons (Fsp3) is 0.526. The van der Waals surface area contributed by atoms with E-state index in [0.29, 0.717) is 12.0 Å². The summed E-state index contributed by atoms with van der Waals surface area (Å²) in [5.74, 6) is 3.36. The Kier molecular flexibility index (Phi) is 4.00. The molecule has 140 valence electrons. The number of aromatic nitrogens is 6. The molecule has 0 radical (unpaired) electrons. The average Bonchev–Trinajstić information content (AvgIpc) is 2.97. The number of likely N-dealkylation sites (N-methyl/N-ethyl adjacent to an activating group) is 1. The molecule has 0 N–H and O–H groups in total. The smallest absolute Gasteiger partial charge is 0.178 e. The molecule has 1 aliphatic heterocycles. The van der Waals surface area contributed by atoms with Crippen LogP contribution < -0.4 is 4.90 Å². The van der Waals surface area contributed by atoms with Crippen LogP contribution in [0.2, 0.25) is 0 Å². The zero-order valence-electron chi connectivity index (χ0n) is 15.8. The topological polar surface area (TPSA) is 75.3 Å². The second-order valence-corrected chi connectivity index (χ2v) is 7.76. The van der Waals surface area contributed by atoms with E-state index < -0.39 is 0 Å². The van der Waals surface area contributed by atoms with E-state index in [0.717, 1.165) is 48.3 Å². The molecule has 8 heteroatoms. The van der Waals surface area contributed by atoms with Crippen molar-refractivity contribution in [2.45, 2.75) is 44.7 Å². The molecule has 5 rings (SSSR count). The van der Waals surface area contributed by atoms with Crippen LogP contribution in [0.3, 0.4) is 0 Å². The predicted molar refractivity (Wildman–Crippen MR) is 102 cm³/mol. The quantitative estimate of drug-likeness (QED) is 0.683. The molecule has 1 aliphatic carbocycles. The van der Waals surface area contributed by atoms with Crippen LogP contribution in [0.15, 0.2) is 24.5 Å². The first-order chi connectivity index (χ1) is 13.2. The van der Waals surface area contributed by atoms with E-state index in [-0.39, 0.29) is 0 Å². The molecule has 8 nitrogen and oxygen atoms in total. The first kappa shape index (κ1) is 16.6. The predicted octanol–water partition coefficient (Wildman–Crippen LogP) is 1.81. The van der Waals surface area contributed by atoms with Gasteiger partial charge in [0.2, 0.25) is 0 Å². The largest absolute Gasteiger partial charge is 0.352 e. The summed E-state index contributed by atoms with van der Waals surface area (Å²) in [6.07, 6.45) is 7.51. The van der Waals surface area contributed by atoms with E-state index in [1.165, 1.54) is 19.3 Å². The SMILES string of the molecule is Cc1ncc(CN(C)C2CN(c3ccc4nnc(C5CCC5)n4n3)C2)cn1. The molecule has 0 spiro atoms. The van der Waals surface area contributed by atoms with E-state index in [9.17, 15) is 0 Å². The van der Waals surface area contributed by atoms with Crippen LogP contribution in [-0.2, 0) is 6.54 Å². The van der Waals surface area contributed by atoms with Crippen molar-refractivity contribution in [3.8, 4) is 0 Å². The molecule has 2 fully saturated rings. The van der Waals surface area contributed by atoms with E-state index in [1.807, 2.05) is 29.9 Å². The maximum atomic E-state index is 4.83. The first-order valence-electron chi connectivity index (χ1n) is 9.62. The molecule has 1 saturated carbocycles. The van der Waals surface area contributed by atoms with E-state index in [4.69, 9.17) is 5.10 Å². The fourth-order valence-electron chi connectivity index (χ4n) is 3.72. The van der Waals surface area contributed by atoms with Gasteiger partial charge in [0.05, 0.1) is 0 Å². The van der Waals surface area contributed by atoms with Crippen LogP contribution >= 0.6 is 0 Å². The summed E-state index contributed by atoms with van der Waals surface area (Å²) >= 11 is 0. The van der Waals surface area contributed by atoms with Gasteiger partial charge in [0.25, 0.3) is 0 Å². The molecular formula is C19H24N8. The summed E-state index contributed by atoms with van der Waals surface area (Å²) < 4.78 is 1.94. The molecule has 0 atom stereocenters. The number of hydrogen-bond donors (Lipinski definition) is 0. The van der Waals surface area contributed by atoms with Gasteiger partial charge in [0, 0.05) is 49.6 Å². The van der Waals surface area contributed by atoms with Gasteiger partial charge in [-0.1, -0.05) is 6.42 Å².